The monoisotopic (exact) mass is 345 g/mol. The third kappa shape index (κ3) is 4.11. The van der Waals surface area contributed by atoms with Crippen LogP contribution in [-0.4, -0.2) is 63.4 Å². The molecule has 1 unspecified atom stereocenters. The second kappa shape index (κ2) is 8.13. The van der Waals surface area contributed by atoms with Crippen LogP contribution in [0.2, 0.25) is 0 Å². The number of likely N-dealkylation sites (N-methyl/N-ethyl adjacent to an activating group) is 1. The molecular formula is C19H31N5O. The molecule has 0 saturated carbocycles. The molecule has 3 saturated heterocycles. The van der Waals surface area contributed by atoms with Gasteiger partial charge in [-0.15, -0.1) is 11.7 Å². The van der Waals surface area contributed by atoms with Crippen LogP contribution in [0.3, 0.4) is 0 Å². The zero-order valence-electron chi connectivity index (χ0n) is 15.6. The van der Waals surface area contributed by atoms with Gasteiger partial charge in [0.2, 0.25) is 5.91 Å². The van der Waals surface area contributed by atoms with Crippen molar-refractivity contribution in [3.8, 4) is 0 Å². The van der Waals surface area contributed by atoms with Crippen molar-refractivity contribution >= 4 is 5.91 Å². The molecule has 0 aromatic carbocycles. The summed E-state index contributed by atoms with van der Waals surface area (Å²) in [5, 5.41) is 8.60. The SMILES string of the molecule is C=CCN(C)C(=O)[C@H]1CN2CC[C@H]1C[C@@H]2Cn1cc(CCCC)nn1. The van der Waals surface area contributed by atoms with Crippen LogP contribution >= 0.6 is 0 Å². The van der Waals surface area contributed by atoms with Crippen LogP contribution < -0.4 is 0 Å². The molecule has 138 valence electrons. The maximum Gasteiger partial charge on any atom is 0.227 e. The first kappa shape index (κ1) is 18.1. The molecule has 3 aliphatic rings. The molecule has 1 aromatic rings. The van der Waals surface area contributed by atoms with Crippen molar-refractivity contribution in [2.75, 3.05) is 26.7 Å². The third-order valence-corrected chi connectivity index (χ3v) is 5.75. The maximum atomic E-state index is 12.7. The molecular weight excluding hydrogens is 314 g/mol. The zero-order valence-corrected chi connectivity index (χ0v) is 15.6. The summed E-state index contributed by atoms with van der Waals surface area (Å²) in [5.74, 6) is 0.916. The van der Waals surface area contributed by atoms with Crippen molar-refractivity contribution in [1.29, 1.82) is 0 Å². The van der Waals surface area contributed by atoms with Crippen molar-refractivity contribution in [2.24, 2.45) is 11.8 Å². The summed E-state index contributed by atoms with van der Waals surface area (Å²) in [6.45, 7) is 9.43. The van der Waals surface area contributed by atoms with E-state index < -0.39 is 0 Å². The lowest BCUT2D eigenvalue weighted by Gasteiger charge is -2.49. The van der Waals surface area contributed by atoms with E-state index in [4.69, 9.17) is 0 Å². The van der Waals surface area contributed by atoms with Crippen LogP contribution in [0.15, 0.2) is 18.9 Å². The Bertz CT molecular complexity index is 598. The van der Waals surface area contributed by atoms with Crippen molar-refractivity contribution in [1.82, 2.24) is 24.8 Å². The molecule has 4 rings (SSSR count). The number of hydrogen-bond acceptors (Lipinski definition) is 4. The molecule has 2 bridgehead atoms. The van der Waals surface area contributed by atoms with Gasteiger partial charge in [0.05, 0.1) is 18.2 Å². The highest BCUT2D eigenvalue weighted by Crippen LogP contribution is 2.37. The first-order chi connectivity index (χ1) is 12.1. The molecule has 3 aliphatic heterocycles. The zero-order chi connectivity index (χ0) is 17.8. The van der Waals surface area contributed by atoms with E-state index in [1.807, 2.05) is 16.6 Å². The molecule has 4 atom stereocenters. The average Bonchev–Trinajstić information content (AvgIpc) is 3.07. The van der Waals surface area contributed by atoms with Gasteiger partial charge in [-0.25, -0.2) is 0 Å². The summed E-state index contributed by atoms with van der Waals surface area (Å²) in [5.41, 5.74) is 1.09. The van der Waals surface area contributed by atoms with Crippen LogP contribution in [0.25, 0.3) is 0 Å². The van der Waals surface area contributed by atoms with Crippen LogP contribution in [0.5, 0.6) is 0 Å². The first-order valence-corrected chi connectivity index (χ1v) is 9.61. The predicted octanol–water partition coefficient (Wildman–Crippen LogP) is 1.98. The third-order valence-electron chi connectivity index (χ3n) is 5.75. The Morgan fingerprint density at radius 2 is 2.36 bits per heavy atom. The van der Waals surface area contributed by atoms with E-state index in [9.17, 15) is 4.79 Å². The van der Waals surface area contributed by atoms with Crippen molar-refractivity contribution in [3.05, 3.63) is 24.5 Å². The first-order valence-electron chi connectivity index (χ1n) is 9.61. The minimum atomic E-state index is 0.144. The lowest BCUT2D eigenvalue weighted by atomic mass is 9.75. The molecule has 0 radical (unpaired) electrons. The molecule has 1 aromatic heterocycles. The maximum absolute atomic E-state index is 12.7. The number of unbranched alkanes of at least 4 members (excludes halogenated alkanes) is 1. The van der Waals surface area contributed by atoms with E-state index in [2.05, 4.69) is 34.9 Å². The quantitative estimate of drug-likeness (QED) is 0.676. The molecule has 4 heterocycles. The number of rotatable bonds is 8. The number of piperidine rings is 3. The lowest BCUT2D eigenvalue weighted by molar-refractivity contribution is -0.142. The minimum Gasteiger partial charge on any atom is -0.342 e. The van der Waals surface area contributed by atoms with Gasteiger partial charge in [-0.05, 0) is 38.1 Å². The highest BCUT2D eigenvalue weighted by Gasteiger charge is 2.43. The number of carbonyl (C=O) groups excluding carboxylic acids is 1. The number of hydrogen-bond donors (Lipinski definition) is 0. The second-order valence-electron chi connectivity index (χ2n) is 7.58. The van der Waals surface area contributed by atoms with Gasteiger partial charge in [-0.1, -0.05) is 24.6 Å². The molecule has 3 fully saturated rings. The van der Waals surface area contributed by atoms with Crippen LogP contribution in [0.1, 0.15) is 38.3 Å². The predicted molar refractivity (Wildman–Crippen MR) is 98.0 cm³/mol. The normalized spacial score (nSPS) is 28.1. The van der Waals surface area contributed by atoms with Crippen molar-refractivity contribution < 1.29 is 4.79 Å². The highest BCUT2D eigenvalue weighted by molar-refractivity contribution is 5.79. The summed E-state index contributed by atoms with van der Waals surface area (Å²) in [4.78, 5) is 17.0. The van der Waals surface area contributed by atoms with Gasteiger partial charge in [0.25, 0.3) is 0 Å². The van der Waals surface area contributed by atoms with Gasteiger partial charge in [-0.2, -0.15) is 0 Å². The number of aromatic nitrogens is 3. The van der Waals surface area contributed by atoms with E-state index in [0.29, 0.717) is 18.5 Å². The molecule has 1 amide bonds. The molecule has 6 heteroatoms. The smallest absolute Gasteiger partial charge is 0.227 e. The Labute approximate surface area is 150 Å². The van der Waals surface area contributed by atoms with Crippen LogP contribution in [-0.2, 0) is 17.8 Å². The number of amides is 1. The number of nitrogens with zero attached hydrogens (tertiary/aromatic N) is 5. The van der Waals surface area contributed by atoms with E-state index in [0.717, 1.165) is 44.6 Å². The van der Waals surface area contributed by atoms with E-state index in [1.165, 1.54) is 12.8 Å². The van der Waals surface area contributed by atoms with Gasteiger partial charge in [0.15, 0.2) is 0 Å². The van der Waals surface area contributed by atoms with Gasteiger partial charge in [-0.3, -0.25) is 14.4 Å². The lowest BCUT2D eigenvalue weighted by Crippen LogP contribution is -2.58. The van der Waals surface area contributed by atoms with Gasteiger partial charge in [0, 0.05) is 32.4 Å². The molecule has 25 heavy (non-hydrogen) atoms. The topological polar surface area (TPSA) is 54.3 Å². The van der Waals surface area contributed by atoms with Crippen LogP contribution in [0.4, 0.5) is 0 Å². The fraction of sp³-hybridized carbons (Fsp3) is 0.737. The second-order valence-corrected chi connectivity index (χ2v) is 7.58. The van der Waals surface area contributed by atoms with Crippen LogP contribution in [0, 0.1) is 11.8 Å². The Morgan fingerprint density at radius 3 is 3.04 bits per heavy atom. The largest absolute Gasteiger partial charge is 0.342 e. The van der Waals surface area contributed by atoms with E-state index >= 15 is 0 Å². The number of fused-ring (bicyclic) bond motifs is 3. The minimum absolute atomic E-state index is 0.144. The summed E-state index contributed by atoms with van der Waals surface area (Å²) in [6, 6.07) is 0.480. The summed E-state index contributed by atoms with van der Waals surface area (Å²) >= 11 is 0. The number of carbonyl (C=O) groups is 1. The van der Waals surface area contributed by atoms with E-state index in [1.54, 1.807) is 6.08 Å². The van der Waals surface area contributed by atoms with Gasteiger partial charge in [0.1, 0.15) is 0 Å². The summed E-state index contributed by atoms with van der Waals surface area (Å²) in [6.07, 6.45) is 9.47. The fourth-order valence-electron chi connectivity index (χ4n) is 4.29. The standard InChI is InChI=1S/C19H31N5O/c1-4-6-7-16-12-24(21-20-16)13-17-11-15-8-10-23(17)14-18(15)19(25)22(3)9-5-2/h5,12,15,17-18H,2,4,6-11,13-14H2,1,3H3/t15-,17+,18-/m0/s1. The number of aryl methyl sites for hydroxylation is 1. The molecule has 0 aliphatic carbocycles. The van der Waals surface area contributed by atoms with Gasteiger partial charge < -0.3 is 4.90 Å². The molecule has 0 spiro atoms. The Morgan fingerprint density at radius 1 is 1.52 bits per heavy atom. The van der Waals surface area contributed by atoms with Gasteiger partial charge >= 0.3 is 0 Å². The Balaban J connectivity index is 1.58. The molecule has 0 N–H and O–H groups in total. The van der Waals surface area contributed by atoms with Crippen molar-refractivity contribution in [2.45, 2.75) is 51.6 Å². The average molecular weight is 345 g/mol. The Hall–Kier alpha value is -1.69. The Kier molecular flexibility index (Phi) is 5.89. The van der Waals surface area contributed by atoms with E-state index in [-0.39, 0.29) is 11.8 Å². The summed E-state index contributed by atoms with van der Waals surface area (Å²) < 4.78 is 2.00. The highest BCUT2D eigenvalue weighted by atomic mass is 16.2. The summed E-state index contributed by atoms with van der Waals surface area (Å²) in [7, 11) is 1.88. The fourth-order valence-corrected chi connectivity index (χ4v) is 4.29. The molecule has 6 nitrogen and oxygen atoms in total. The van der Waals surface area contributed by atoms with Crippen molar-refractivity contribution in [3.63, 3.8) is 0 Å².